The van der Waals surface area contributed by atoms with Crippen LogP contribution in [0.25, 0.3) is 10.9 Å². The van der Waals surface area contributed by atoms with E-state index in [2.05, 4.69) is 15.0 Å². The quantitative estimate of drug-likeness (QED) is 0.355. The predicted molar refractivity (Wildman–Crippen MR) is 112 cm³/mol. The van der Waals surface area contributed by atoms with Gasteiger partial charge in [0.25, 0.3) is 0 Å². The van der Waals surface area contributed by atoms with Crippen molar-refractivity contribution in [1.82, 2.24) is 10.3 Å². The summed E-state index contributed by atoms with van der Waals surface area (Å²) < 4.78 is 40.7. The van der Waals surface area contributed by atoms with E-state index in [0.717, 1.165) is 10.9 Å². The number of carbonyl (C=O) groups is 2. The van der Waals surface area contributed by atoms with Crippen LogP contribution in [0.5, 0.6) is 0 Å². The number of benzene rings is 2. The monoisotopic (exact) mass is 468 g/mol. The third kappa shape index (κ3) is 5.87. The third-order valence-corrected chi connectivity index (χ3v) is 5.07. The molecule has 0 aliphatic carbocycles. The highest BCUT2D eigenvalue weighted by molar-refractivity contribution is 6.30. The number of rotatable bonds is 7. The van der Waals surface area contributed by atoms with Gasteiger partial charge in [-0.25, -0.2) is 9.59 Å². The van der Waals surface area contributed by atoms with E-state index in [1.165, 1.54) is 12.1 Å². The summed E-state index contributed by atoms with van der Waals surface area (Å²) in [5.41, 5.74) is 1.94. The highest BCUT2D eigenvalue weighted by atomic mass is 35.5. The molecule has 2 aromatic carbocycles. The lowest BCUT2D eigenvalue weighted by Gasteiger charge is -2.17. The number of hydrogen-bond acceptors (Lipinski definition) is 5. The van der Waals surface area contributed by atoms with Gasteiger partial charge in [-0.1, -0.05) is 29.8 Å². The van der Waals surface area contributed by atoms with Crippen LogP contribution >= 0.6 is 11.6 Å². The Balaban J connectivity index is 1.62. The van der Waals surface area contributed by atoms with Crippen LogP contribution in [0.3, 0.4) is 0 Å². The van der Waals surface area contributed by atoms with E-state index in [-0.39, 0.29) is 11.6 Å². The minimum absolute atomic E-state index is 0.0168. The lowest BCUT2D eigenvalue weighted by atomic mass is 10.0. The Morgan fingerprint density at radius 2 is 1.97 bits per heavy atom. The van der Waals surface area contributed by atoms with E-state index < -0.39 is 24.2 Å². The van der Waals surface area contributed by atoms with Crippen LogP contribution < -0.4 is 5.32 Å². The SMILES string of the molecule is C[C@H](Cc1c[nH]c2cc(C(=O)OC(=O)C(F)(F)F)ccc12)NC[C@@H](O)c1cccc(Cl)c1. The molecule has 3 N–H and O–H groups in total. The standard InChI is InChI=1S/C22H20ClF3N2O4/c1-12(27-11-19(29)13-3-2-4-16(23)8-13)7-15-10-28-18-9-14(5-6-17(15)18)20(30)32-21(31)22(24,25)26/h2-6,8-10,12,19,27-29H,7,11H2,1H3/t12-,19-/m1/s1. The van der Waals surface area contributed by atoms with Gasteiger partial charge in [0.05, 0.1) is 11.7 Å². The first-order valence-electron chi connectivity index (χ1n) is 9.65. The molecule has 0 spiro atoms. The average molecular weight is 469 g/mol. The Kier molecular flexibility index (Phi) is 7.22. The van der Waals surface area contributed by atoms with Crippen LogP contribution in [0.4, 0.5) is 13.2 Å². The molecule has 0 aliphatic heterocycles. The fraction of sp³-hybridized carbons (Fsp3) is 0.273. The van der Waals surface area contributed by atoms with Crippen LogP contribution in [-0.4, -0.2) is 40.8 Å². The zero-order chi connectivity index (χ0) is 23.5. The number of hydrogen-bond donors (Lipinski definition) is 3. The lowest BCUT2D eigenvalue weighted by molar-refractivity contribution is -0.193. The minimum atomic E-state index is -5.25. The third-order valence-electron chi connectivity index (χ3n) is 4.84. The molecule has 0 fully saturated rings. The fourth-order valence-corrected chi connectivity index (χ4v) is 3.43. The van der Waals surface area contributed by atoms with Crippen LogP contribution in [0.15, 0.2) is 48.7 Å². The van der Waals surface area contributed by atoms with Gasteiger partial charge < -0.3 is 20.1 Å². The van der Waals surface area contributed by atoms with Crippen molar-refractivity contribution >= 4 is 34.4 Å². The molecule has 0 radical (unpaired) electrons. The molecule has 6 nitrogen and oxygen atoms in total. The molecular formula is C22H20ClF3N2O4. The van der Waals surface area contributed by atoms with Crippen LogP contribution in [0.1, 0.15) is 34.5 Å². The number of carbonyl (C=O) groups excluding carboxylic acids is 2. The Morgan fingerprint density at radius 1 is 1.22 bits per heavy atom. The molecule has 170 valence electrons. The summed E-state index contributed by atoms with van der Waals surface area (Å²) in [6.45, 7) is 2.26. The van der Waals surface area contributed by atoms with Gasteiger partial charge in [0.2, 0.25) is 0 Å². The summed E-state index contributed by atoms with van der Waals surface area (Å²) in [4.78, 5) is 25.6. The zero-order valence-corrected chi connectivity index (χ0v) is 17.6. The number of ether oxygens (including phenoxy) is 1. The lowest BCUT2D eigenvalue weighted by Crippen LogP contribution is -2.32. The Bertz CT molecular complexity index is 1130. The number of fused-ring (bicyclic) bond motifs is 1. The van der Waals surface area contributed by atoms with Crippen molar-refractivity contribution in [3.8, 4) is 0 Å². The van der Waals surface area contributed by atoms with Crippen molar-refractivity contribution in [2.45, 2.75) is 31.7 Å². The number of esters is 2. The first-order chi connectivity index (χ1) is 15.0. The molecule has 1 aromatic heterocycles. The van der Waals surface area contributed by atoms with Crippen molar-refractivity contribution in [1.29, 1.82) is 0 Å². The van der Waals surface area contributed by atoms with Crippen molar-refractivity contribution in [3.63, 3.8) is 0 Å². The Labute approximate surface area is 186 Å². The smallest absolute Gasteiger partial charge is 0.387 e. The number of aromatic amines is 1. The van der Waals surface area contributed by atoms with Crippen LogP contribution in [0, 0.1) is 0 Å². The fourth-order valence-electron chi connectivity index (χ4n) is 3.23. The van der Waals surface area contributed by atoms with Gasteiger partial charge in [0.15, 0.2) is 0 Å². The van der Waals surface area contributed by atoms with Gasteiger partial charge in [0, 0.05) is 34.7 Å². The van der Waals surface area contributed by atoms with Crippen molar-refractivity contribution in [2.75, 3.05) is 6.54 Å². The molecule has 0 saturated carbocycles. The molecule has 1 heterocycles. The Hall–Kier alpha value is -2.88. The first kappa shape index (κ1) is 23.8. The number of alkyl halides is 3. The van der Waals surface area contributed by atoms with Crippen molar-refractivity contribution < 1.29 is 32.6 Å². The number of aromatic nitrogens is 1. The molecule has 0 saturated heterocycles. The number of halogens is 4. The molecule has 3 rings (SSSR count). The maximum atomic E-state index is 12.3. The summed E-state index contributed by atoms with van der Waals surface area (Å²) >= 11 is 5.95. The average Bonchev–Trinajstić information content (AvgIpc) is 3.13. The van der Waals surface area contributed by atoms with E-state index in [1.54, 1.807) is 36.5 Å². The van der Waals surface area contributed by atoms with Gasteiger partial charge in [-0.3, -0.25) is 0 Å². The van der Waals surface area contributed by atoms with E-state index in [9.17, 15) is 27.9 Å². The van der Waals surface area contributed by atoms with Crippen LogP contribution in [0.2, 0.25) is 5.02 Å². The van der Waals surface area contributed by atoms with E-state index in [1.807, 2.05) is 6.92 Å². The topological polar surface area (TPSA) is 91.4 Å². The molecule has 2 atom stereocenters. The molecular weight excluding hydrogens is 449 g/mol. The van der Waals surface area contributed by atoms with E-state index >= 15 is 0 Å². The maximum absolute atomic E-state index is 12.3. The van der Waals surface area contributed by atoms with E-state index in [4.69, 9.17) is 11.6 Å². The van der Waals surface area contributed by atoms with Crippen molar-refractivity contribution in [3.05, 3.63) is 70.4 Å². The van der Waals surface area contributed by atoms with Gasteiger partial charge in [-0.15, -0.1) is 0 Å². The second-order valence-corrected chi connectivity index (χ2v) is 7.77. The Morgan fingerprint density at radius 3 is 2.66 bits per heavy atom. The number of aliphatic hydroxyl groups excluding tert-OH is 1. The molecule has 32 heavy (non-hydrogen) atoms. The summed E-state index contributed by atoms with van der Waals surface area (Å²) in [5.74, 6) is -3.94. The second-order valence-electron chi connectivity index (χ2n) is 7.33. The number of aliphatic hydroxyl groups is 1. The van der Waals surface area contributed by atoms with Gasteiger partial charge in [-0.05, 0) is 48.7 Å². The van der Waals surface area contributed by atoms with Gasteiger partial charge in [0.1, 0.15) is 0 Å². The van der Waals surface area contributed by atoms with Gasteiger partial charge >= 0.3 is 18.1 Å². The first-order valence-corrected chi connectivity index (χ1v) is 10.0. The molecule has 10 heteroatoms. The molecule has 0 amide bonds. The largest absolute Gasteiger partial charge is 0.491 e. The van der Waals surface area contributed by atoms with Crippen LogP contribution in [-0.2, 0) is 16.0 Å². The summed E-state index contributed by atoms with van der Waals surface area (Å²) in [6, 6.07) is 11.2. The number of H-pyrrole nitrogens is 1. The molecule has 0 unspecified atom stereocenters. The van der Waals surface area contributed by atoms with Crippen molar-refractivity contribution in [2.24, 2.45) is 0 Å². The number of nitrogens with one attached hydrogen (secondary N) is 2. The van der Waals surface area contributed by atoms with E-state index in [0.29, 0.717) is 29.1 Å². The predicted octanol–water partition coefficient (Wildman–Crippen LogP) is 4.32. The summed E-state index contributed by atoms with van der Waals surface area (Å²) in [5, 5.41) is 14.9. The molecule has 0 aliphatic rings. The highest BCUT2D eigenvalue weighted by Crippen LogP contribution is 2.23. The summed E-state index contributed by atoms with van der Waals surface area (Å²) in [6.07, 6.45) is -3.67. The highest BCUT2D eigenvalue weighted by Gasteiger charge is 2.42. The normalized spacial score (nSPS) is 13.7. The molecule has 0 bridgehead atoms. The summed E-state index contributed by atoms with van der Waals surface area (Å²) in [7, 11) is 0. The second kappa shape index (κ2) is 9.72. The zero-order valence-electron chi connectivity index (χ0n) is 16.9. The molecule has 3 aromatic rings. The maximum Gasteiger partial charge on any atom is 0.491 e. The van der Waals surface area contributed by atoms with Gasteiger partial charge in [-0.2, -0.15) is 13.2 Å². The minimum Gasteiger partial charge on any atom is -0.387 e.